The van der Waals surface area contributed by atoms with Crippen molar-refractivity contribution in [1.82, 2.24) is 73.7 Å². The Balaban J connectivity index is 0.000000136. The number of nitrogens with two attached hydrogens (primary N) is 3. The Labute approximate surface area is 630 Å². The Bertz CT molecular complexity index is 4500. The summed E-state index contributed by atoms with van der Waals surface area (Å²) in [5.41, 5.74) is 22.4. The van der Waals surface area contributed by atoms with Gasteiger partial charge in [0, 0.05) is 80.8 Å². The second kappa shape index (κ2) is 33.8. The average molecular weight is 1660 g/mol. The van der Waals surface area contributed by atoms with Crippen LogP contribution in [0.25, 0.3) is 33.5 Å². The second-order valence-corrected chi connectivity index (χ2v) is 31.7. The number of fused-ring (bicyclic) bond motifs is 6. The van der Waals surface area contributed by atoms with Crippen LogP contribution >= 0.6 is 107 Å². The minimum Gasteiger partial charge on any atom is -0.486 e. The van der Waals surface area contributed by atoms with Crippen LogP contribution in [0.5, 0.6) is 34.5 Å². The lowest BCUT2D eigenvalue weighted by Gasteiger charge is -2.32. The summed E-state index contributed by atoms with van der Waals surface area (Å²) >= 11 is 20.8. The van der Waals surface area contributed by atoms with Crippen molar-refractivity contribution in [3.63, 3.8) is 0 Å². The number of imidazole rings is 3. The molecule has 0 saturated carbocycles. The molecule has 0 spiro atoms. The van der Waals surface area contributed by atoms with E-state index in [0.717, 1.165) is 186 Å². The number of thiol groups is 1. The molecular formula is C66H75Br3N18O9S5. The standard InChI is InChI=1S/C24H27BrN6O4S2.C22H25BrN6O3S2.C20H23BrN6O2S/c1-14(32)36-12-20(33)30-5-2-15(3-6-30)4-7-31-23-21(22(26)27-13-28-23)29-24(31)37-19-11-18-17(10-16(19)25)34-8-9-35-18;23-14-9-15-16(32-8-7-31-15)10-17(14)34-22-27-19-20(24)25-12-26-21(19)29(22)6-3-13-1-4-28(5-2-13)18(30)11-33;21-13-9-14-15(29-8-7-28-14)10-16(13)30-20-26-17-18(22)24-11-25-19(17)27(20)6-3-12-1-4-23-5-2-12/h10-11,13,15H,2-9,12H2,1H3,(H2,26,27,28);9-10,12-13,33H,1-8,11H2,(H2,24,25,26);9-12,23H,1-8H2,(H2,22,24,25). The highest BCUT2D eigenvalue weighted by Crippen LogP contribution is 2.46. The molecule has 101 heavy (non-hydrogen) atoms. The first-order valence-corrected chi connectivity index (χ1v) is 39.8. The largest absolute Gasteiger partial charge is 0.486 e. The summed E-state index contributed by atoms with van der Waals surface area (Å²) in [4.78, 5) is 82.3. The highest BCUT2D eigenvalue weighted by molar-refractivity contribution is 9.11. The van der Waals surface area contributed by atoms with Crippen LogP contribution in [0.1, 0.15) is 64.7 Å². The molecule has 3 aromatic carbocycles. The van der Waals surface area contributed by atoms with E-state index in [0.29, 0.717) is 116 Å². The third-order valence-corrected chi connectivity index (χ3v) is 25.2. The number of anilines is 3. The van der Waals surface area contributed by atoms with Crippen molar-refractivity contribution in [1.29, 1.82) is 0 Å². The highest BCUT2D eigenvalue weighted by atomic mass is 79.9. The molecular weight excluding hydrogens is 1590 g/mol. The van der Waals surface area contributed by atoms with Crippen LogP contribution in [0.4, 0.5) is 17.5 Å². The van der Waals surface area contributed by atoms with Crippen molar-refractivity contribution in [2.24, 2.45) is 17.8 Å². The monoisotopic (exact) mass is 1660 g/mol. The Hall–Kier alpha value is -6.73. The number of nitrogens with one attached hydrogen (secondary N) is 1. The summed E-state index contributed by atoms with van der Waals surface area (Å²) in [5, 5.41) is 5.82. The van der Waals surface area contributed by atoms with Crippen molar-refractivity contribution in [2.45, 2.75) is 115 Å². The van der Waals surface area contributed by atoms with E-state index in [9.17, 15) is 14.4 Å². The average Bonchev–Trinajstić information content (AvgIpc) is 1.67. The number of nitrogens with zero attached hydrogens (tertiary/aromatic N) is 14. The zero-order valence-corrected chi connectivity index (χ0v) is 64.1. The van der Waals surface area contributed by atoms with Crippen LogP contribution in [0.2, 0.25) is 0 Å². The Morgan fingerprint density at radius 1 is 0.485 bits per heavy atom. The number of piperidine rings is 3. The molecule has 15 rings (SSSR count). The maximum Gasteiger partial charge on any atom is 0.233 e. The molecule has 12 heterocycles. The maximum absolute atomic E-state index is 12.4. The normalized spacial score (nSPS) is 16.2. The number of benzene rings is 3. The van der Waals surface area contributed by atoms with E-state index in [1.807, 2.05) is 46.2 Å². The number of hydrogen-bond acceptors (Lipinski definition) is 27. The van der Waals surface area contributed by atoms with Gasteiger partial charge in [0.15, 0.2) is 106 Å². The van der Waals surface area contributed by atoms with E-state index in [1.165, 1.54) is 62.3 Å². The van der Waals surface area contributed by atoms with Gasteiger partial charge in [-0.2, -0.15) is 12.6 Å². The molecule has 3 fully saturated rings. The Kier molecular flexibility index (Phi) is 24.3. The van der Waals surface area contributed by atoms with Gasteiger partial charge >= 0.3 is 0 Å². The molecule has 6 aliphatic heterocycles. The predicted octanol–water partition coefficient (Wildman–Crippen LogP) is 11.1. The molecule has 6 aliphatic rings. The first kappa shape index (κ1) is 72.6. The topological polar surface area (TPSA) is 334 Å². The minimum absolute atomic E-state index is 0.0304. The van der Waals surface area contributed by atoms with Crippen molar-refractivity contribution in [2.75, 3.05) is 108 Å². The number of aromatic nitrogens is 12. The molecule has 0 radical (unpaired) electrons. The predicted molar refractivity (Wildman–Crippen MR) is 402 cm³/mol. The quantitative estimate of drug-likeness (QED) is 0.0498. The number of nitrogen functional groups attached to an aromatic ring is 3. The number of carbonyl (C=O) groups is 3. The highest BCUT2D eigenvalue weighted by Gasteiger charge is 2.29. The number of aryl methyl sites for hydroxylation is 3. The third-order valence-electron chi connectivity index (χ3n) is 18.2. The van der Waals surface area contributed by atoms with E-state index < -0.39 is 0 Å². The molecule has 534 valence electrons. The molecule has 27 nitrogen and oxygen atoms in total. The number of halogens is 3. The lowest BCUT2D eigenvalue weighted by molar-refractivity contribution is -0.130. The van der Waals surface area contributed by atoms with Crippen molar-refractivity contribution in [3.05, 3.63) is 68.8 Å². The van der Waals surface area contributed by atoms with E-state index in [2.05, 4.69) is 109 Å². The SMILES string of the molecule is CC(=O)SCC(=O)N1CCC(CCn2c(Sc3cc4c(cc3Br)OCCO4)nc3c(N)ncnc32)CC1.Nc1ncnc2c1nc(Sc1cc3c(cc1Br)OCCO3)n2CCC1CCN(C(=O)CS)CC1.Nc1ncnc2c1nc(Sc1cc3c(cc1Br)OCCO3)n2CCC1CCNCC1. The Morgan fingerprint density at radius 2 is 0.802 bits per heavy atom. The van der Waals surface area contributed by atoms with Gasteiger partial charge in [0.2, 0.25) is 11.8 Å². The second-order valence-electron chi connectivity index (χ2n) is 24.7. The summed E-state index contributed by atoms with van der Waals surface area (Å²) in [7, 11) is 0. The molecule has 6 aromatic heterocycles. The first-order chi connectivity index (χ1) is 49.1. The number of amides is 2. The van der Waals surface area contributed by atoms with Crippen molar-refractivity contribution < 1.29 is 42.8 Å². The third kappa shape index (κ3) is 17.6. The van der Waals surface area contributed by atoms with Gasteiger partial charge < -0.3 is 74.4 Å². The fourth-order valence-electron chi connectivity index (χ4n) is 12.7. The van der Waals surface area contributed by atoms with Gasteiger partial charge in [-0.3, -0.25) is 14.4 Å². The lowest BCUT2D eigenvalue weighted by Crippen LogP contribution is -2.39. The number of hydrogen-bond donors (Lipinski definition) is 5. The van der Waals surface area contributed by atoms with E-state index in [4.69, 9.17) is 60.6 Å². The molecule has 9 aromatic rings. The van der Waals surface area contributed by atoms with E-state index in [-0.39, 0.29) is 28.4 Å². The summed E-state index contributed by atoms with van der Waals surface area (Å²) in [6.45, 7) is 12.2. The summed E-state index contributed by atoms with van der Waals surface area (Å²) in [6, 6.07) is 11.7. The van der Waals surface area contributed by atoms with Gasteiger partial charge in [0.05, 0.1) is 11.5 Å². The van der Waals surface area contributed by atoms with Gasteiger partial charge in [0.25, 0.3) is 0 Å². The summed E-state index contributed by atoms with van der Waals surface area (Å²) in [6.07, 6.45) is 13.7. The van der Waals surface area contributed by atoms with Crippen LogP contribution in [0.3, 0.4) is 0 Å². The number of ether oxygens (including phenoxy) is 6. The summed E-state index contributed by atoms with van der Waals surface area (Å²) < 4.78 is 43.5. The molecule has 0 unspecified atom stereocenters. The fourth-order valence-corrected chi connectivity index (χ4v) is 17.9. The van der Waals surface area contributed by atoms with Crippen molar-refractivity contribution in [3.8, 4) is 34.5 Å². The fraction of sp³-hybridized carbons (Fsp3) is 0.455. The van der Waals surface area contributed by atoms with Crippen LogP contribution in [0.15, 0.2) is 99.0 Å². The van der Waals surface area contributed by atoms with Crippen LogP contribution < -0.4 is 50.9 Å². The van der Waals surface area contributed by atoms with Gasteiger partial charge in [-0.1, -0.05) is 47.0 Å². The van der Waals surface area contributed by atoms with Crippen LogP contribution in [-0.2, 0) is 34.0 Å². The molecule has 2 amide bonds. The summed E-state index contributed by atoms with van der Waals surface area (Å²) in [5.74, 6) is 7.86. The molecule has 3 saturated heterocycles. The zero-order valence-electron chi connectivity index (χ0n) is 55.2. The van der Waals surface area contributed by atoms with Crippen LogP contribution in [0, 0.1) is 17.8 Å². The number of rotatable bonds is 18. The molecule has 0 aliphatic carbocycles. The maximum atomic E-state index is 12.4. The van der Waals surface area contributed by atoms with E-state index in [1.54, 1.807) is 11.8 Å². The molecule has 35 heteroatoms. The van der Waals surface area contributed by atoms with Gasteiger partial charge in [0.1, 0.15) is 58.6 Å². The van der Waals surface area contributed by atoms with Crippen LogP contribution in [-0.4, -0.2) is 176 Å². The van der Waals surface area contributed by atoms with E-state index >= 15 is 0 Å². The number of likely N-dealkylation sites (tertiary alicyclic amines) is 2. The number of carbonyl (C=O) groups excluding carboxylic acids is 3. The van der Waals surface area contributed by atoms with Crippen molar-refractivity contribution >= 4 is 175 Å². The van der Waals surface area contributed by atoms with Gasteiger partial charge in [-0.05, 0) is 173 Å². The Morgan fingerprint density at radius 3 is 1.13 bits per heavy atom. The minimum atomic E-state index is -0.0304. The van der Waals surface area contributed by atoms with Gasteiger partial charge in [-0.25, -0.2) is 44.9 Å². The number of thioether (sulfide) groups is 1. The molecule has 0 atom stereocenters. The first-order valence-electron chi connectivity index (χ1n) is 33.3. The van der Waals surface area contributed by atoms with Gasteiger partial charge in [-0.15, -0.1) is 0 Å². The lowest BCUT2D eigenvalue weighted by atomic mass is 9.93. The smallest absolute Gasteiger partial charge is 0.233 e. The molecule has 0 bridgehead atoms. The molecule has 7 N–H and O–H groups in total. The zero-order chi connectivity index (χ0) is 70.1.